The molecule has 1 aliphatic rings. The molecule has 1 amide bonds. The van der Waals surface area contributed by atoms with Gasteiger partial charge in [0, 0.05) is 25.4 Å². The molecule has 0 atom stereocenters. The molecule has 0 aliphatic heterocycles. The summed E-state index contributed by atoms with van der Waals surface area (Å²) < 4.78 is 4.93. The fourth-order valence-electron chi connectivity index (χ4n) is 1.93. The maximum absolute atomic E-state index is 11.9. The zero-order chi connectivity index (χ0) is 13.0. The van der Waals surface area contributed by atoms with Gasteiger partial charge in [-0.1, -0.05) is 0 Å². The fraction of sp³-hybridized carbons (Fsp3) is 0.538. The number of nitrogens with one attached hydrogen (secondary N) is 1. The number of hydrogen-bond acceptors (Lipinski definition) is 4. The average Bonchev–Trinajstić information content (AvgIpc) is 3.17. The summed E-state index contributed by atoms with van der Waals surface area (Å²) in [6.45, 7) is 0.804. The topological polar surface area (TPSA) is 71.5 Å². The number of carbonyl (C=O) groups is 1. The number of aromatic nitrogens is 1. The number of amides is 1. The first kappa shape index (κ1) is 12.8. The first-order valence-corrected chi connectivity index (χ1v) is 6.08. The fourth-order valence-corrected chi connectivity index (χ4v) is 1.93. The third kappa shape index (κ3) is 2.98. The van der Waals surface area contributed by atoms with Crippen molar-refractivity contribution in [3.05, 3.63) is 23.9 Å². The highest BCUT2D eigenvalue weighted by Crippen LogP contribution is 2.47. The first-order chi connectivity index (χ1) is 8.69. The van der Waals surface area contributed by atoms with Crippen LogP contribution >= 0.6 is 0 Å². The Morgan fingerprint density at radius 2 is 2.33 bits per heavy atom. The molecule has 2 rings (SSSR count). The Morgan fingerprint density at radius 3 is 2.83 bits per heavy atom. The first-order valence-electron chi connectivity index (χ1n) is 6.08. The number of pyridine rings is 1. The third-order valence-electron chi connectivity index (χ3n) is 3.43. The number of ether oxygens (including phenoxy) is 1. The summed E-state index contributed by atoms with van der Waals surface area (Å²) in [5, 5.41) is 11.8. The smallest absolute Gasteiger partial charge is 0.252 e. The lowest BCUT2D eigenvalue weighted by Crippen LogP contribution is -2.30. The van der Waals surface area contributed by atoms with E-state index in [0.717, 1.165) is 19.3 Å². The predicted molar refractivity (Wildman–Crippen MR) is 66.5 cm³/mol. The van der Waals surface area contributed by atoms with E-state index >= 15 is 0 Å². The molecule has 1 fully saturated rings. The van der Waals surface area contributed by atoms with Crippen LogP contribution in [0.4, 0.5) is 0 Å². The largest absolute Gasteiger partial charge is 0.481 e. The summed E-state index contributed by atoms with van der Waals surface area (Å²) in [7, 11) is 1.54. The second-order valence-electron chi connectivity index (χ2n) is 4.75. The number of rotatable bonds is 6. The summed E-state index contributed by atoms with van der Waals surface area (Å²) in [6, 6.07) is 3.35. The minimum atomic E-state index is -0.130. The van der Waals surface area contributed by atoms with Crippen LogP contribution in [0.1, 0.15) is 29.6 Å². The van der Waals surface area contributed by atoms with Crippen molar-refractivity contribution in [3.8, 4) is 5.88 Å². The van der Waals surface area contributed by atoms with Gasteiger partial charge < -0.3 is 15.2 Å². The maximum Gasteiger partial charge on any atom is 0.252 e. The van der Waals surface area contributed by atoms with Gasteiger partial charge in [0.2, 0.25) is 5.88 Å². The monoisotopic (exact) mass is 250 g/mol. The molecule has 0 unspecified atom stereocenters. The number of nitrogens with zero attached hydrogens (tertiary/aromatic N) is 1. The molecule has 0 spiro atoms. The van der Waals surface area contributed by atoms with Gasteiger partial charge in [-0.15, -0.1) is 0 Å². The van der Waals surface area contributed by atoms with E-state index in [1.54, 1.807) is 12.1 Å². The lowest BCUT2D eigenvalue weighted by Gasteiger charge is -2.14. The minimum Gasteiger partial charge on any atom is -0.481 e. The molecule has 1 heterocycles. The Kier molecular flexibility index (Phi) is 3.81. The predicted octanol–water partition coefficient (Wildman–Crippen LogP) is 0.983. The summed E-state index contributed by atoms with van der Waals surface area (Å²) in [5.74, 6) is 0.361. The van der Waals surface area contributed by atoms with Crippen LogP contribution in [-0.4, -0.2) is 36.3 Å². The van der Waals surface area contributed by atoms with Crippen LogP contribution in [0, 0.1) is 5.41 Å². The standard InChI is InChI=1S/C13H18N2O3/c1-18-11-3-2-10(8-14-11)12(17)15-9-13(4-5-13)6-7-16/h2-3,8,16H,4-7,9H2,1H3,(H,15,17). The molecule has 5 nitrogen and oxygen atoms in total. The van der Waals surface area contributed by atoms with Gasteiger partial charge in [-0.3, -0.25) is 4.79 Å². The summed E-state index contributed by atoms with van der Waals surface area (Å²) >= 11 is 0. The van der Waals surface area contributed by atoms with E-state index in [-0.39, 0.29) is 17.9 Å². The molecular weight excluding hydrogens is 232 g/mol. The zero-order valence-corrected chi connectivity index (χ0v) is 10.5. The second-order valence-corrected chi connectivity index (χ2v) is 4.75. The van der Waals surface area contributed by atoms with Crippen molar-refractivity contribution in [2.75, 3.05) is 20.3 Å². The number of aliphatic hydroxyl groups excluding tert-OH is 1. The number of carbonyl (C=O) groups excluding carboxylic acids is 1. The van der Waals surface area contributed by atoms with Crippen molar-refractivity contribution in [2.24, 2.45) is 5.41 Å². The SMILES string of the molecule is COc1ccc(C(=O)NCC2(CCO)CC2)cn1. The lowest BCUT2D eigenvalue weighted by atomic mass is 10.0. The van der Waals surface area contributed by atoms with Gasteiger partial charge in [0.25, 0.3) is 5.91 Å². The van der Waals surface area contributed by atoms with Crippen molar-refractivity contribution in [1.29, 1.82) is 0 Å². The molecule has 1 saturated carbocycles. The van der Waals surface area contributed by atoms with Gasteiger partial charge in [-0.05, 0) is 30.7 Å². The van der Waals surface area contributed by atoms with E-state index in [0.29, 0.717) is 18.0 Å². The van der Waals surface area contributed by atoms with Crippen molar-refractivity contribution >= 4 is 5.91 Å². The van der Waals surface area contributed by atoms with E-state index in [2.05, 4.69) is 10.3 Å². The van der Waals surface area contributed by atoms with Crippen LogP contribution in [0.3, 0.4) is 0 Å². The normalized spacial score (nSPS) is 16.1. The highest BCUT2D eigenvalue weighted by Gasteiger charge is 2.41. The summed E-state index contributed by atoms with van der Waals surface area (Å²) in [6.07, 6.45) is 4.41. The number of methoxy groups -OCH3 is 1. The molecule has 98 valence electrons. The van der Waals surface area contributed by atoms with E-state index in [1.807, 2.05) is 0 Å². The highest BCUT2D eigenvalue weighted by atomic mass is 16.5. The third-order valence-corrected chi connectivity index (χ3v) is 3.43. The molecule has 0 bridgehead atoms. The van der Waals surface area contributed by atoms with E-state index < -0.39 is 0 Å². The van der Waals surface area contributed by atoms with Crippen LogP contribution in [0.2, 0.25) is 0 Å². The van der Waals surface area contributed by atoms with Crippen LogP contribution < -0.4 is 10.1 Å². The average molecular weight is 250 g/mol. The Bertz CT molecular complexity index is 413. The van der Waals surface area contributed by atoms with Crippen molar-refractivity contribution in [1.82, 2.24) is 10.3 Å². The Hall–Kier alpha value is -1.62. The number of aliphatic hydroxyl groups is 1. The Labute approximate surface area is 106 Å². The zero-order valence-electron chi connectivity index (χ0n) is 10.5. The van der Waals surface area contributed by atoms with E-state index in [1.165, 1.54) is 13.3 Å². The molecule has 0 radical (unpaired) electrons. The molecule has 5 heteroatoms. The van der Waals surface area contributed by atoms with Crippen LogP contribution in [0.15, 0.2) is 18.3 Å². The molecular formula is C13H18N2O3. The maximum atomic E-state index is 11.9. The molecule has 0 aromatic carbocycles. The molecule has 1 aliphatic carbocycles. The Morgan fingerprint density at radius 1 is 1.56 bits per heavy atom. The molecule has 2 N–H and O–H groups in total. The second kappa shape index (κ2) is 5.35. The quantitative estimate of drug-likeness (QED) is 0.789. The van der Waals surface area contributed by atoms with Gasteiger partial charge in [-0.25, -0.2) is 4.98 Å². The molecule has 18 heavy (non-hydrogen) atoms. The van der Waals surface area contributed by atoms with Crippen LogP contribution in [0.5, 0.6) is 5.88 Å². The van der Waals surface area contributed by atoms with Crippen molar-refractivity contribution in [2.45, 2.75) is 19.3 Å². The van der Waals surface area contributed by atoms with Crippen LogP contribution in [0.25, 0.3) is 0 Å². The van der Waals surface area contributed by atoms with Gasteiger partial charge in [-0.2, -0.15) is 0 Å². The molecule has 0 saturated heterocycles. The highest BCUT2D eigenvalue weighted by molar-refractivity contribution is 5.93. The van der Waals surface area contributed by atoms with Gasteiger partial charge >= 0.3 is 0 Å². The number of hydrogen-bond donors (Lipinski definition) is 2. The molecule has 1 aromatic heterocycles. The minimum absolute atomic E-state index is 0.129. The summed E-state index contributed by atoms with van der Waals surface area (Å²) in [4.78, 5) is 15.9. The van der Waals surface area contributed by atoms with E-state index in [9.17, 15) is 4.79 Å². The summed E-state index contributed by atoms with van der Waals surface area (Å²) in [5.41, 5.74) is 0.653. The van der Waals surface area contributed by atoms with E-state index in [4.69, 9.17) is 9.84 Å². The van der Waals surface area contributed by atoms with Gasteiger partial charge in [0.05, 0.1) is 12.7 Å². The lowest BCUT2D eigenvalue weighted by molar-refractivity contribution is 0.0940. The van der Waals surface area contributed by atoms with Crippen LogP contribution in [-0.2, 0) is 0 Å². The Balaban J connectivity index is 1.87. The van der Waals surface area contributed by atoms with Crippen molar-refractivity contribution < 1.29 is 14.6 Å². The molecule has 1 aromatic rings. The van der Waals surface area contributed by atoms with Gasteiger partial charge in [0.15, 0.2) is 0 Å². The van der Waals surface area contributed by atoms with Crippen molar-refractivity contribution in [3.63, 3.8) is 0 Å². The van der Waals surface area contributed by atoms with Gasteiger partial charge in [0.1, 0.15) is 0 Å².